The molecule has 0 aliphatic carbocycles. The van der Waals surface area contributed by atoms with Crippen molar-refractivity contribution in [2.24, 2.45) is 5.41 Å². The van der Waals surface area contributed by atoms with Crippen LogP contribution in [0.4, 0.5) is 0 Å². The fourth-order valence-corrected chi connectivity index (χ4v) is 3.63. The molecule has 2 aliphatic heterocycles. The molecule has 2 fully saturated rings. The van der Waals surface area contributed by atoms with Gasteiger partial charge in [0.2, 0.25) is 0 Å². The molecule has 1 amide bonds. The second-order valence-corrected chi connectivity index (χ2v) is 8.02. The zero-order valence-electron chi connectivity index (χ0n) is 15.7. The van der Waals surface area contributed by atoms with Crippen LogP contribution in [-0.4, -0.2) is 68.6 Å². The summed E-state index contributed by atoms with van der Waals surface area (Å²) in [6.45, 7) is 10.6. The van der Waals surface area contributed by atoms with E-state index in [2.05, 4.69) is 46.5 Å². The first kappa shape index (κ1) is 18.4. The highest BCUT2D eigenvalue weighted by Crippen LogP contribution is 2.26. The van der Waals surface area contributed by atoms with Crippen molar-refractivity contribution in [1.29, 1.82) is 0 Å². The number of carbonyl (C=O) groups is 1. The van der Waals surface area contributed by atoms with Crippen LogP contribution >= 0.6 is 0 Å². The summed E-state index contributed by atoms with van der Waals surface area (Å²) in [4.78, 5) is 17.3. The Morgan fingerprint density at radius 1 is 1.12 bits per heavy atom. The fraction of sp³-hybridized carbons (Fsp3) is 0.650. The molecule has 0 saturated carbocycles. The van der Waals surface area contributed by atoms with E-state index in [9.17, 15) is 4.79 Å². The summed E-state index contributed by atoms with van der Waals surface area (Å²) in [5.74, 6) is 0.0471. The lowest BCUT2D eigenvalue weighted by Gasteiger charge is -2.34. The zero-order chi connectivity index (χ0) is 17.7. The summed E-state index contributed by atoms with van der Waals surface area (Å²) in [7, 11) is 2.18. The first-order chi connectivity index (χ1) is 12.0. The van der Waals surface area contributed by atoms with Crippen LogP contribution in [0.15, 0.2) is 24.3 Å². The molecule has 0 spiro atoms. The summed E-state index contributed by atoms with van der Waals surface area (Å²) in [6.07, 6.45) is 2.24. The van der Waals surface area contributed by atoms with Crippen LogP contribution in [0.25, 0.3) is 0 Å². The number of nitrogens with one attached hydrogen (secondary N) is 2. The highest BCUT2D eigenvalue weighted by Gasteiger charge is 2.27. The van der Waals surface area contributed by atoms with Gasteiger partial charge in [-0.3, -0.25) is 9.69 Å². The van der Waals surface area contributed by atoms with Gasteiger partial charge in [0, 0.05) is 44.8 Å². The first-order valence-corrected chi connectivity index (χ1v) is 9.53. The summed E-state index contributed by atoms with van der Waals surface area (Å²) >= 11 is 0. The van der Waals surface area contributed by atoms with Crippen LogP contribution in [0.3, 0.4) is 0 Å². The smallest absolute Gasteiger partial charge is 0.251 e. The predicted molar refractivity (Wildman–Crippen MR) is 102 cm³/mol. The van der Waals surface area contributed by atoms with Gasteiger partial charge in [0.05, 0.1) is 0 Å². The molecule has 1 aromatic rings. The minimum Gasteiger partial charge on any atom is -0.351 e. The Morgan fingerprint density at radius 3 is 2.40 bits per heavy atom. The van der Waals surface area contributed by atoms with E-state index >= 15 is 0 Å². The highest BCUT2D eigenvalue weighted by atomic mass is 16.1. The minimum absolute atomic E-state index is 0.0471. The number of rotatable bonds is 5. The van der Waals surface area contributed by atoms with Gasteiger partial charge in [-0.2, -0.15) is 0 Å². The lowest BCUT2D eigenvalue weighted by Crippen LogP contribution is -2.43. The third-order valence-electron chi connectivity index (χ3n) is 5.70. The van der Waals surface area contributed by atoms with Gasteiger partial charge in [-0.15, -0.1) is 0 Å². The van der Waals surface area contributed by atoms with E-state index in [1.54, 1.807) is 0 Å². The van der Waals surface area contributed by atoms with Crippen molar-refractivity contribution in [3.05, 3.63) is 35.4 Å². The molecule has 0 aromatic heterocycles. The molecule has 2 aliphatic rings. The van der Waals surface area contributed by atoms with Gasteiger partial charge in [-0.1, -0.05) is 19.1 Å². The number of nitrogens with zero attached hydrogens (tertiary/aromatic N) is 2. The molecule has 5 nitrogen and oxygen atoms in total. The van der Waals surface area contributed by atoms with Crippen molar-refractivity contribution in [3.8, 4) is 0 Å². The third kappa shape index (κ3) is 5.27. The lowest BCUT2D eigenvalue weighted by atomic mass is 9.81. The van der Waals surface area contributed by atoms with E-state index in [0.29, 0.717) is 0 Å². The molecule has 2 heterocycles. The van der Waals surface area contributed by atoms with Gasteiger partial charge >= 0.3 is 0 Å². The van der Waals surface area contributed by atoms with Crippen LogP contribution in [0, 0.1) is 5.41 Å². The second-order valence-electron chi connectivity index (χ2n) is 8.02. The number of likely N-dealkylation sites (N-methyl/N-ethyl adjacent to an activating group) is 1. The molecule has 0 radical (unpaired) electrons. The van der Waals surface area contributed by atoms with Gasteiger partial charge < -0.3 is 15.5 Å². The molecule has 0 bridgehead atoms. The van der Waals surface area contributed by atoms with Crippen LogP contribution in [0.5, 0.6) is 0 Å². The molecular weight excluding hydrogens is 312 g/mol. The number of carbonyl (C=O) groups excluding carboxylic acids is 1. The monoisotopic (exact) mass is 344 g/mol. The zero-order valence-corrected chi connectivity index (χ0v) is 15.7. The number of hydrogen-bond acceptors (Lipinski definition) is 4. The van der Waals surface area contributed by atoms with Gasteiger partial charge in [0.1, 0.15) is 0 Å². The van der Waals surface area contributed by atoms with Gasteiger partial charge in [0.25, 0.3) is 5.91 Å². The standard InChI is InChI=1S/C20H32N4O/c1-20(7-9-21-10-8-20)16-22-19(25)18-5-3-17(4-6-18)15-24-13-11-23(2)12-14-24/h3-6,21H,7-16H2,1-2H3,(H,22,25). The van der Waals surface area contributed by atoms with Crippen LogP contribution in [0.2, 0.25) is 0 Å². The molecule has 1 aromatic carbocycles. The van der Waals surface area contributed by atoms with Crippen LogP contribution in [-0.2, 0) is 6.54 Å². The second kappa shape index (κ2) is 8.30. The molecule has 2 saturated heterocycles. The van der Waals surface area contributed by atoms with E-state index in [1.165, 1.54) is 5.56 Å². The quantitative estimate of drug-likeness (QED) is 0.851. The van der Waals surface area contributed by atoms with E-state index < -0.39 is 0 Å². The molecule has 2 N–H and O–H groups in total. The molecule has 138 valence electrons. The number of benzene rings is 1. The Kier molecular flexibility index (Phi) is 6.10. The highest BCUT2D eigenvalue weighted by molar-refractivity contribution is 5.94. The summed E-state index contributed by atoms with van der Waals surface area (Å²) < 4.78 is 0. The Morgan fingerprint density at radius 2 is 1.76 bits per heavy atom. The van der Waals surface area contributed by atoms with Gasteiger partial charge in [0.15, 0.2) is 0 Å². The van der Waals surface area contributed by atoms with E-state index in [4.69, 9.17) is 0 Å². The van der Waals surface area contributed by atoms with Gasteiger partial charge in [-0.05, 0) is 56.1 Å². The molecular formula is C20H32N4O. The molecule has 25 heavy (non-hydrogen) atoms. The molecule has 0 atom stereocenters. The van der Waals surface area contributed by atoms with Crippen LogP contribution < -0.4 is 10.6 Å². The summed E-state index contributed by atoms with van der Waals surface area (Å²) in [5, 5.41) is 6.51. The SMILES string of the molecule is CN1CCN(Cc2ccc(C(=O)NCC3(C)CCNCC3)cc2)CC1. The maximum absolute atomic E-state index is 12.4. The largest absolute Gasteiger partial charge is 0.351 e. The maximum Gasteiger partial charge on any atom is 0.251 e. The number of piperidine rings is 1. The molecule has 3 rings (SSSR count). The summed E-state index contributed by atoms with van der Waals surface area (Å²) in [5.41, 5.74) is 2.27. The van der Waals surface area contributed by atoms with Crippen molar-refractivity contribution in [2.45, 2.75) is 26.3 Å². The molecule has 0 unspecified atom stereocenters. The minimum atomic E-state index is 0.0471. The predicted octanol–water partition coefficient (Wildman–Crippen LogP) is 1.55. The topological polar surface area (TPSA) is 47.6 Å². The number of amides is 1. The van der Waals surface area contributed by atoms with E-state index in [-0.39, 0.29) is 11.3 Å². The van der Waals surface area contributed by atoms with Crippen LogP contribution in [0.1, 0.15) is 35.7 Å². The average Bonchev–Trinajstić information content (AvgIpc) is 2.63. The van der Waals surface area contributed by atoms with Crippen molar-refractivity contribution in [1.82, 2.24) is 20.4 Å². The fourth-order valence-electron chi connectivity index (χ4n) is 3.63. The number of hydrogen-bond donors (Lipinski definition) is 2. The average molecular weight is 345 g/mol. The van der Waals surface area contributed by atoms with Crippen molar-refractivity contribution in [2.75, 3.05) is 52.9 Å². The van der Waals surface area contributed by atoms with Gasteiger partial charge in [-0.25, -0.2) is 0 Å². The van der Waals surface area contributed by atoms with Crippen molar-refractivity contribution < 1.29 is 4.79 Å². The first-order valence-electron chi connectivity index (χ1n) is 9.53. The van der Waals surface area contributed by atoms with Crippen molar-refractivity contribution >= 4 is 5.91 Å². The lowest BCUT2D eigenvalue weighted by molar-refractivity contribution is 0.0922. The Balaban J connectivity index is 1.48. The molecule has 5 heteroatoms. The van der Waals surface area contributed by atoms with Crippen molar-refractivity contribution in [3.63, 3.8) is 0 Å². The van der Waals surface area contributed by atoms with E-state index in [1.807, 2.05) is 12.1 Å². The number of piperazine rings is 1. The van der Waals surface area contributed by atoms with E-state index in [0.717, 1.165) is 70.8 Å². The maximum atomic E-state index is 12.4. The normalized spacial score (nSPS) is 21.8. The Bertz CT molecular complexity index is 558. The third-order valence-corrected chi connectivity index (χ3v) is 5.70. The Hall–Kier alpha value is -1.43. The summed E-state index contributed by atoms with van der Waals surface area (Å²) in [6, 6.07) is 8.12. The Labute approximate surface area is 151 Å².